The Balaban J connectivity index is 1.74. The summed E-state index contributed by atoms with van der Waals surface area (Å²) in [7, 11) is 0. The highest BCUT2D eigenvalue weighted by atomic mass is 16.5. The zero-order chi connectivity index (χ0) is 14.2. The van der Waals surface area contributed by atoms with Gasteiger partial charge in [0, 0.05) is 13.2 Å². The summed E-state index contributed by atoms with van der Waals surface area (Å²) in [5, 5.41) is 12.6. The molecule has 0 bridgehead atoms. The first-order chi connectivity index (χ1) is 9.77. The van der Waals surface area contributed by atoms with Crippen LogP contribution in [0.2, 0.25) is 0 Å². The van der Waals surface area contributed by atoms with Crippen molar-refractivity contribution >= 4 is 5.97 Å². The van der Waals surface area contributed by atoms with E-state index in [9.17, 15) is 9.90 Å². The first-order valence-corrected chi connectivity index (χ1v) is 7.37. The summed E-state index contributed by atoms with van der Waals surface area (Å²) in [4.78, 5) is 11.3. The van der Waals surface area contributed by atoms with Crippen molar-refractivity contribution in [2.24, 2.45) is 0 Å². The Morgan fingerprint density at radius 2 is 2.15 bits per heavy atom. The lowest BCUT2D eigenvalue weighted by atomic mass is 9.99. The van der Waals surface area contributed by atoms with Gasteiger partial charge in [0.1, 0.15) is 0 Å². The number of ether oxygens (including phenoxy) is 1. The molecule has 2 rings (SSSR count). The normalized spacial score (nSPS) is 20.5. The molecule has 0 radical (unpaired) electrons. The molecule has 1 aliphatic rings. The molecule has 1 heterocycles. The van der Waals surface area contributed by atoms with Crippen LogP contribution < -0.4 is 5.32 Å². The van der Waals surface area contributed by atoms with Crippen molar-refractivity contribution in [3.8, 4) is 0 Å². The number of hydrogen-bond acceptors (Lipinski definition) is 3. The summed E-state index contributed by atoms with van der Waals surface area (Å²) in [5.74, 6) is -1.26. The molecular formula is C16H23NO3. The van der Waals surface area contributed by atoms with Gasteiger partial charge in [0.2, 0.25) is 0 Å². The second kappa shape index (κ2) is 8.02. The van der Waals surface area contributed by atoms with Crippen LogP contribution in [0.15, 0.2) is 30.3 Å². The smallest absolute Gasteiger partial charge is 0.312 e. The number of carboxylic acids is 1. The third-order valence-electron chi connectivity index (χ3n) is 3.77. The highest BCUT2D eigenvalue weighted by Gasteiger charge is 2.19. The Morgan fingerprint density at radius 3 is 2.80 bits per heavy atom. The highest BCUT2D eigenvalue weighted by molar-refractivity contribution is 5.76. The van der Waals surface area contributed by atoms with Crippen LogP contribution in [0.1, 0.15) is 37.2 Å². The summed E-state index contributed by atoms with van der Waals surface area (Å²) in [6.45, 7) is 2.14. The van der Waals surface area contributed by atoms with E-state index in [1.54, 1.807) is 0 Å². The number of benzene rings is 1. The molecule has 0 saturated carbocycles. The first-order valence-electron chi connectivity index (χ1n) is 7.37. The summed E-state index contributed by atoms with van der Waals surface area (Å²) in [6.07, 6.45) is 4.84. The number of nitrogens with one attached hydrogen (secondary N) is 1. The number of carboxylic acid groups (broad SMARTS) is 1. The van der Waals surface area contributed by atoms with Gasteiger partial charge in [-0.3, -0.25) is 4.79 Å². The fourth-order valence-electron chi connectivity index (χ4n) is 2.58. The summed E-state index contributed by atoms with van der Waals surface area (Å²) >= 11 is 0. The molecule has 1 aromatic rings. The fourth-order valence-corrected chi connectivity index (χ4v) is 2.58. The number of carbonyl (C=O) groups is 1. The standard InChI is InChI=1S/C16H23NO3/c18-16(19)15(13-6-2-1-3-7-13)12-17-10-9-14-8-4-5-11-20-14/h1-3,6-7,14-15,17H,4-5,8-12H2,(H,18,19). The Labute approximate surface area is 120 Å². The Morgan fingerprint density at radius 1 is 1.35 bits per heavy atom. The van der Waals surface area contributed by atoms with Crippen LogP contribution in [0, 0.1) is 0 Å². The number of aliphatic carboxylic acids is 1. The van der Waals surface area contributed by atoms with Crippen molar-refractivity contribution in [3.05, 3.63) is 35.9 Å². The van der Waals surface area contributed by atoms with Crippen LogP contribution in [-0.2, 0) is 9.53 Å². The average Bonchev–Trinajstić information content (AvgIpc) is 2.49. The molecule has 1 fully saturated rings. The number of rotatable bonds is 7. The monoisotopic (exact) mass is 277 g/mol. The molecule has 110 valence electrons. The van der Waals surface area contributed by atoms with E-state index >= 15 is 0 Å². The molecule has 2 N–H and O–H groups in total. The topological polar surface area (TPSA) is 58.6 Å². The van der Waals surface area contributed by atoms with Crippen LogP contribution in [0.4, 0.5) is 0 Å². The summed E-state index contributed by atoms with van der Waals surface area (Å²) in [6, 6.07) is 9.38. The van der Waals surface area contributed by atoms with E-state index < -0.39 is 11.9 Å². The Hall–Kier alpha value is -1.39. The molecule has 2 unspecified atom stereocenters. The highest BCUT2D eigenvalue weighted by Crippen LogP contribution is 2.16. The van der Waals surface area contributed by atoms with Gasteiger partial charge in [0.15, 0.2) is 0 Å². The van der Waals surface area contributed by atoms with Crippen molar-refractivity contribution < 1.29 is 14.6 Å². The molecule has 1 aromatic carbocycles. The van der Waals surface area contributed by atoms with Crippen molar-refractivity contribution in [3.63, 3.8) is 0 Å². The summed E-state index contributed by atoms with van der Waals surface area (Å²) < 4.78 is 5.66. The predicted molar refractivity (Wildman–Crippen MR) is 77.9 cm³/mol. The minimum Gasteiger partial charge on any atom is -0.481 e. The van der Waals surface area contributed by atoms with Crippen molar-refractivity contribution in [2.75, 3.05) is 19.7 Å². The van der Waals surface area contributed by atoms with Crippen LogP contribution in [0.5, 0.6) is 0 Å². The molecule has 1 aliphatic heterocycles. The molecule has 20 heavy (non-hydrogen) atoms. The van der Waals surface area contributed by atoms with Gasteiger partial charge in [-0.25, -0.2) is 0 Å². The van der Waals surface area contributed by atoms with Crippen LogP contribution in [0.3, 0.4) is 0 Å². The second-order valence-corrected chi connectivity index (χ2v) is 5.28. The van der Waals surface area contributed by atoms with E-state index in [0.29, 0.717) is 12.6 Å². The second-order valence-electron chi connectivity index (χ2n) is 5.28. The van der Waals surface area contributed by atoms with Gasteiger partial charge in [-0.1, -0.05) is 30.3 Å². The van der Waals surface area contributed by atoms with E-state index in [0.717, 1.165) is 31.6 Å². The molecule has 4 heteroatoms. The van der Waals surface area contributed by atoms with Gasteiger partial charge in [-0.05, 0) is 37.8 Å². The maximum absolute atomic E-state index is 11.3. The minimum atomic E-state index is -0.780. The predicted octanol–water partition coefficient (Wildman–Crippen LogP) is 2.40. The molecular weight excluding hydrogens is 254 g/mol. The molecule has 2 atom stereocenters. The van der Waals surface area contributed by atoms with Gasteiger partial charge < -0.3 is 15.2 Å². The van der Waals surface area contributed by atoms with Gasteiger partial charge >= 0.3 is 5.97 Å². The van der Waals surface area contributed by atoms with Gasteiger partial charge in [-0.2, -0.15) is 0 Å². The van der Waals surface area contributed by atoms with Crippen LogP contribution in [-0.4, -0.2) is 36.9 Å². The van der Waals surface area contributed by atoms with Gasteiger partial charge in [0.05, 0.1) is 12.0 Å². The maximum Gasteiger partial charge on any atom is 0.312 e. The summed E-state index contributed by atoms with van der Waals surface area (Å²) in [5.41, 5.74) is 0.849. The lowest BCUT2D eigenvalue weighted by molar-refractivity contribution is -0.138. The lowest BCUT2D eigenvalue weighted by Crippen LogP contribution is -2.30. The van der Waals surface area contributed by atoms with Crippen molar-refractivity contribution in [1.82, 2.24) is 5.32 Å². The Kier molecular flexibility index (Phi) is 6.02. The van der Waals surface area contributed by atoms with Crippen molar-refractivity contribution in [1.29, 1.82) is 0 Å². The molecule has 0 spiro atoms. The van der Waals surface area contributed by atoms with Crippen LogP contribution >= 0.6 is 0 Å². The molecule has 1 saturated heterocycles. The van der Waals surface area contributed by atoms with Gasteiger partial charge in [-0.15, -0.1) is 0 Å². The van der Waals surface area contributed by atoms with E-state index in [2.05, 4.69) is 5.32 Å². The minimum absolute atomic E-state index is 0.344. The average molecular weight is 277 g/mol. The zero-order valence-corrected chi connectivity index (χ0v) is 11.8. The van der Waals surface area contributed by atoms with Crippen molar-refractivity contribution in [2.45, 2.75) is 37.7 Å². The molecule has 0 aliphatic carbocycles. The SMILES string of the molecule is O=C(O)C(CNCCC1CCCCO1)c1ccccc1. The van der Waals surface area contributed by atoms with E-state index in [1.807, 2.05) is 30.3 Å². The van der Waals surface area contributed by atoms with Crippen LogP contribution in [0.25, 0.3) is 0 Å². The first kappa shape index (κ1) is 15.0. The number of hydrogen-bond donors (Lipinski definition) is 2. The van der Waals surface area contributed by atoms with Gasteiger partial charge in [0.25, 0.3) is 0 Å². The molecule has 4 nitrogen and oxygen atoms in total. The van der Waals surface area contributed by atoms with E-state index in [-0.39, 0.29) is 0 Å². The molecule has 0 aromatic heterocycles. The Bertz CT molecular complexity index is 401. The maximum atomic E-state index is 11.3. The largest absolute Gasteiger partial charge is 0.481 e. The third kappa shape index (κ3) is 4.62. The van der Waals surface area contributed by atoms with E-state index in [4.69, 9.17) is 4.74 Å². The fraction of sp³-hybridized carbons (Fsp3) is 0.562. The zero-order valence-electron chi connectivity index (χ0n) is 11.8. The third-order valence-corrected chi connectivity index (χ3v) is 3.77. The van der Waals surface area contributed by atoms with E-state index in [1.165, 1.54) is 12.8 Å². The lowest BCUT2D eigenvalue weighted by Gasteiger charge is -2.23. The molecule has 0 amide bonds. The quantitative estimate of drug-likeness (QED) is 0.751.